The van der Waals surface area contributed by atoms with E-state index < -0.39 is 11.9 Å². The summed E-state index contributed by atoms with van der Waals surface area (Å²) in [5.41, 5.74) is 1.47. The Hall–Kier alpha value is -1.74. The summed E-state index contributed by atoms with van der Waals surface area (Å²) in [6.07, 6.45) is 3.45. The third-order valence-electron chi connectivity index (χ3n) is 2.60. The lowest BCUT2D eigenvalue weighted by molar-refractivity contribution is -0.138. The van der Waals surface area contributed by atoms with Crippen molar-refractivity contribution in [2.45, 2.75) is 12.3 Å². The fraction of sp³-hybridized carbons (Fsp3) is 0.154. The summed E-state index contributed by atoms with van der Waals surface area (Å²) >= 11 is 6.02. The minimum atomic E-state index is -0.890. The zero-order valence-corrected chi connectivity index (χ0v) is 9.72. The Kier molecular flexibility index (Phi) is 3.49. The van der Waals surface area contributed by atoms with E-state index in [1.54, 1.807) is 36.6 Å². The van der Waals surface area contributed by atoms with Crippen LogP contribution in [0.15, 0.2) is 47.3 Å². The number of benzene rings is 1. The zero-order valence-electron chi connectivity index (χ0n) is 8.97. The van der Waals surface area contributed by atoms with Crippen LogP contribution >= 0.6 is 11.6 Å². The Morgan fingerprint density at radius 3 is 2.71 bits per heavy atom. The first-order valence-electron chi connectivity index (χ1n) is 5.17. The molecular formula is C13H11ClO3. The molecule has 3 nitrogen and oxygen atoms in total. The van der Waals surface area contributed by atoms with Gasteiger partial charge in [-0.25, -0.2) is 0 Å². The largest absolute Gasteiger partial charge is 0.481 e. The summed E-state index contributed by atoms with van der Waals surface area (Å²) in [7, 11) is 0. The van der Waals surface area contributed by atoms with Gasteiger partial charge in [0.2, 0.25) is 0 Å². The number of aliphatic carboxylic acids is 1. The van der Waals surface area contributed by atoms with Crippen LogP contribution < -0.4 is 0 Å². The monoisotopic (exact) mass is 250 g/mol. The van der Waals surface area contributed by atoms with Crippen LogP contribution in [0.5, 0.6) is 0 Å². The molecule has 0 fully saturated rings. The first-order chi connectivity index (χ1) is 8.18. The number of hydrogen-bond acceptors (Lipinski definition) is 2. The van der Waals surface area contributed by atoms with E-state index in [1.807, 2.05) is 0 Å². The van der Waals surface area contributed by atoms with E-state index >= 15 is 0 Å². The second kappa shape index (κ2) is 5.06. The first kappa shape index (κ1) is 11.7. The Balaban J connectivity index is 2.30. The maximum Gasteiger partial charge on any atom is 0.311 e. The molecule has 1 atom stereocenters. The summed E-state index contributed by atoms with van der Waals surface area (Å²) in [6.45, 7) is 0. The zero-order chi connectivity index (χ0) is 12.3. The second-order valence-corrected chi connectivity index (χ2v) is 4.16. The van der Waals surface area contributed by atoms with Gasteiger partial charge in [-0.3, -0.25) is 4.79 Å². The van der Waals surface area contributed by atoms with Gasteiger partial charge in [0.25, 0.3) is 0 Å². The van der Waals surface area contributed by atoms with Crippen molar-refractivity contribution in [2.75, 3.05) is 0 Å². The van der Waals surface area contributed by atoms with Crippen molar-refractivity contribution in [3.05, 3.63) is 59.0 Å². The molecule has 4 heteroatoms. The second-order valence-electron chi connectivity index (χ2n) is 3.75. The fourth-order valence-electron chi connectivity index (χ4n) is 1.73. The predicted octanol–water partition coefficient (Wildman–Crippen LogP) is 3.34. The molecule has 2 aromatic rings. The van der Waals surface area contributed by atoms with Crippen LogP contribution in [0.2, 0.25) is 5.02 Å². The normalized spacial score (nSPS) is 12.3. The first-order valence-corrected chi connectivity index (χ1v) is 5.54. The van der Waals surface area contributed by atoms with E-state index in [9.17, 15) is 9.90 Å². The fourth-order valence-corrected chi connectivity index (χ4v) is 2.00. The lowest BCUT2D eigenvalue weighted by atomic mass is 9.93. The van der Waals surface area contributed by atoms with Crippen molar-refractivity contribution in [2.24, 2.45) is 0 Å². The average molecular weight is 251 g/mol. The summed E-state index contributed by atoms with van der Waals surface area (Å²) in [5, 5.41) is 9.74. The Morgan fingerprint density at radius 1 is 1.35 bits per heavy atom. The van der Waals surface area contributed by atoms with Crippen molar-refractivity contribution in [1.29, 1.82) is 0 Å². The van der Waals surface area contributed by atoms with Crippen LogP contribution in [-0.2, 0) is 11.2 Å². The molecule has 2 rings (SSSR count). The van der Waals surface area contributed by atoms with E-state index in [0.717, 1.165) is 5.56 Å². The maximum absolute atomic E-state index is 11.3. The van der Waals surface area contributed by atoms with Crippen LogP contribution in [0.4, 0.5) is 0 Å². The number of carbonyl (C=O) groups is 1. The van der Waals surface area contributed by atoms with Gasteiger partial charge in [-0.1, -0.05) is 29.8 Å². The van der Waals surface area contributed by atoms with Crippen LogP contribution in [0.1, 0.15) is 17.0 Å². The van der Waals surface area contributed by atoms with E-state index in [0.29, 0.717) is 17.0 Å². The van der Waals surface area contributed by atoms with Gasteiger partial charge in [0, 0.05) is 5.02 Å². The van der Waals surface area contributed by atoms with Crippen LogP contribution in [-0.4, -0.2) is 11.1 Å². The number of furan rings is 1. The lowest BCUT2D eigenvalue weighted by Gasteiger charge is -2.13. The van der Waals surface area contributed by atoms with Crippen LogP contribution in [0, 0.1) is 0 Å². The third-order valence-corrected chi connectivity index (χ3v) is 2.94. The molecule has 0 radical (unpaired) electrons. The standard InChI is InChI=1S/C13H11ClO3/c14-12-4-2-1-3-10(12)11(13(15)16)7-9-5-6-17-8-9/h1-6,8,11H,7H2,(H,15,16). The van der Waals surface area contributed by atoms with Crippen molar-refractivity contribution in [3.8, 4) is 0 Å². The number of hydrogen-bond donors (Lipinski definition) is 1. The number of carboxylic acid groups (broad SMARTS) is 1. The smallest absolute Gasteiger partial charge is 0.311 e. The van der Waals surface area contributed by atoms with E-state index in [1.165, 1.54) is 6.26 Å². The highest BCUT2D eigenvalue weighted by atomic mass is 35.5. The molecule has 1 N–H and O–H groups in total. The minimum Gasteiger partial charge on any atom is -0.481 e. The Labute approximate surface area is 104 Å². The van der Waals surface area contributed by atoms with Crippen molar-refractivity contribution in [3.63, 3.8) is 0 Å². The van der Waals surface area contributed by atoms with Gasteiger partial charge in [0.15, 0.2) is 0 Å². The van der Waals surface area contributed by atoms with E-state index in [-0.39, 0.29) is 0 Å². The molecule has 1 aromatic carbocycles. The number of carboxylic acids is 1. The molecule has 0 saturated carbocycles. The summed E-state index contributed by atoms with van der Waals surface area (Å²) < 4.78 is 4.94. The van der Waals surface area contributed by atoms with Crippen molar-refractivity contribution in [1.82, 2.24) is 0 Å². The topological polar surface area (TPSA) is 50.4 Å². The highest BCUT2D eigenvalue weighted by molar-refractivity contribution is 6.31. The van der Waals surface area contributed by atoms with Crippen molar-refractivity contribution < 1.29 is 14.3 Å². The molecule has 1 aromatic heterocycles. The van der Waals surface area contributed by atoms with Crippen molar-refractivity contribution >= 4 is 17.6 Å². The molecule has 0 amide bonds. The molecule has 1 unspecified atom stereocenters. The highest BCUT2D eigenvalue weighted by Gasteiger charge is 2.22. The van der Waals surface area contributed by atoms with Gasteiger partial charge in [0.1, 0.15) is 0 Å². The Bertz CT molecular complexity index is 505. The summed E-state index contributed by atoms with van der Waals surface area (Å²) in [6, 6.07) is 8.76. The Morgan fingerprint density at radius 2 is 2.12 bits per heavy atom. The quantitative estimate of drug-likeness (QED) is 0.905. The molecule has 0 aliphatic rings. The third kappa shape index (κ3) is 2.68. The average Bonchev–Trinajstić information content (AvgIpc) is 2.79. The van der Waals surface area contributed by atoms with Gasteiger partial charge in [-0.2, -0.15) is 0 Å². The lowest BCUT2D eigenvalue weighted by Crippen LogP contribution is -2.14. The molecule has 88 valence electrons. The molecule has 0 aliphatic carbocycles. The van der Waals surface area contributed by atoms with Gasteiger partial charge in [-0.05, 0) is 29.7 Å². The van der Waals surface area contributed by atoms with E-state index in [2.05, 4.69) is 0 Å². The molecule has 0 spiro atoms. The van der Waals surface area contributed by atoms with Gasteiger partial charge in [0.05, 0.1) is 18.4 Å². The van der Waals surface area contributed by atoms with Gasteiger partial charge >= 0.3 is 5.97 Å². The summed E-state index contributed by atoms with van der Waals surface area (Å²) in [4.78, 5) is 11.3. The molecule has 0 bridgehead atoms. The molecular weight excluding hydrogens is 240 g/mol. The van der Waals surface area contributed by atoms with Crippen LogP contribution in [0.3, 0.4) is 0 Å². The molecule has 17 heavy (non-hydrogen) atoms. The van der Waals surface area contributed by atoms with E-state index in [4.69, 9.17) is 16.0 Å². The number of rotatable bonds is 4. The molecule has 0 aliphatic heterocycles. The number of halogens is 1. The maximum atomic E-state index is 11.3. The predicted molar refractivity (Wildman–Crippen MR) is 64.2 cm³/mol. The molecule has 0 saturated heterocycles. The van der Waals surface area contributed by atoms with Gasteiger partial charge in [-0.15, -0.1) is 0 Å². The SMILES string of the molecule is O=C(O)C(Cc1ccoc1)c1ccccc1Cl. The molecule has 1 heterocycles. The highest BCUT2D eigenvalue weighted by Crippen LogP contribution is 2.27. The van der Waals surface area contributed by atoms with Crippen LogP contribution in [0.25, 0.3) is 0 Å². The summed E-state index contributed by atoms with van der Waals surface area (Å²) in [5.74, 6) is -1.54. The minimum absolute atomic E-state index is 0.371. The van der Waals surface area contributed by atoms with Gasteiger partial charge < -0.3 is 9.52 Å².